The van der Waals surface area contributed by atoms with Crippen molar-refractivity contribution >= 4 is 17.7 Å². The monoisotopic (exact) mass is 277 g/mol. The molecule has 4 heteroatoms. The Hall–Kier alpha value is -1.44. The van der Waals surface area contributed by atoms with Gasteiger partial charge in [0.2, 0.25) is 0 Å². The number of aliphatic hydroxyl groups is 1. The van der Waals surface area contributed by atoms with Crippen LogP contribution in [0.4, 0.5) is 0 Å². The Morgan fingerprint density at radius 1 is 1.42 bits per heavy atom. The molecule has 0 spiro atoms. The van der Waals surface area contributed by atoms with Crippen molar-refractivity contribution in [1.29, 1.82) is 0 Å². The molecule has 0 radical (unpaired) electrons. The summed E-state index contributed by atoms with van der Waals surface area (Å²) in [6, 6.07) is 7.33. The second-order valence-electron chi connectivity index (χ2n) is 4.04. The molecule has 0 atom stereocenters. The molecule has 0 fully saturated rings. The Morgan fingerprint density at radius 3 is 2.84 bits per heavy atom. The first kappa shape index (κ1) is 15.6. The normalized spacial score (nSPS) is 9.63. The summed E-state index contributed by atoms with van der Waals surface area (Å²) in [4.78, 5) is 14.0. The molecule has 1 rings (SSSR count). The molecule has 0 bridgehead atoms. The fourth-order valence-electron chi connectivity index (χ4n) is 1.53. The van der Waals surface area contributed by atoms with Gasteiger partial charge in [-0.25, -0.2) is 0 Å². The first-order valence-corrected chi connectivity index (χ1v) is 7.53. The number of benzene rings is 1. The molecule has 102 valence electrons. The smallest absolute Gasteiger partial charge is 0.254 e. The highest BCUT2D eigenvalue weighted by atomic mass is 32.2. The van der Waals surface area contributed by atoms with Crippen molar-refractivity contribution in [2.45, 2.75) is 6.42 Å². The van der Waals surface area contributed by atoms with Crippen LogP contribution in [0.15, 0.2) is 24.3 Å². The Balaban J connectivity index is 2.88. The molecular formula is C15H19NO2S. The number of hydrogen-bond donors (Lipinski definition) is 1. The van der Waals surface area contributed by atoms with Gasteiger partial charge < -0.3 is 10.0 Å². The Bertz CT molecular complexity index is 477. The van der Waals surface area contributed by atoms with Crippen LogP contribution in [-0.4, -0.2) is 48.1 Å². The van der Waals surface area contributed by atoms with Gasteiger partial charge in [0.15, 0.2) is 0 Å². The molecule has 19 heavy (non-hydrogen) atoms. The maximum absolute atomic E-state index is 12.3. The summed E-state index contributed by atoms with van der Waals surface area (Å²) in [5.74, 6) is 6.70. The van der Waals surface area contributed by atoms with Crippen molar-refractivity contribution in [2.24, 2.45) is 0 Å². The molecule has 1 amide bonds. The number of aliphatic hydroxyl groups excluding tert-OH is 1. The van der Waals surface area contributed by atoms with Crippen LogP contribution in [0.25, 0.3) is 0 Å². The van der Waals surface area contributed by atoms with E-state index in [0.29, 0.717) is 12.0 Å². The molecule has 0 aliphatic rings. The molecule has 1 N–H and O–H groups in total. The van der Waals surface area contributed by atoms with Gasteiger partial charge in [0, 0.05) is 31.3 Å². The number of hydrogen-bond acceptors (Lipinski definition) is 3. The van der Waals surface area contributed by atoms with E-state index < -0.39 is 0 Å². The van der Waals surface area contributed by atoms with Crippen LogP contribution >= 0.6 is 11.8 Å². The predicted octanol–water partition coefficient (Wildman–Crippen LogP) is 1.86. The molecule has 0 aromatic heterocycles. The summed E-state index contributed by atoms with van der Waals surface area (Å²) in [5, 5.41) is 8.73. The quantitative estimate of drug-likeness (QED) is 0.835. The lowest BCUT2D eigenvalue weighted by Gasteiger charge is -2.17. The number of rotatable bonds is 5. The minimum Gasteiger partial charge on any atom is -0.395 e. The fourth-order valence-corrected chi connectivity index (χ4v) is 1.98. The standard InChI is InChI=1S/C15H19NO2S/c1-16(10-12-19-2)15(18)14-9-4-3-7-13(14)8-5-6-11-17/h3-4,7,9,17H,6,10-12H2,1-2H3. The van der Waals surface area contributed by atoms with Crippen LogP contribution < -0.4 is 0 Å². The lowest BCUT2D eigenvalue weighted by atomic mass is 10.1. The minimum atomic E-state index is -0.0112. The second-order valence-corrected chi connectivity index (χ2v) is 5.03. The van der Waals surface area contributed by atoms with Crippen LogP contribution in [0.2, 0.25) is 0 Å². The van der Waals surface area contributed by atoms with Crippen molar-refractivity contribution < 1.29 is 9.90 Å². The van der Waals surface area contributed by atoms with E-state index in [-0.39, 0.29) is 12.5 Å². The maximum Gasteiger partial charge on any atom is 0.254 e. The van der Waals surface area contributed by atoms with E-state index >= 15 is 0 Å². The number of carbonyl (C=O) groups excluding carboxylic acids is 1. The molecule has 3 nitrogen and oxygen atoms in total. The largest absolute Gasteiger partial charge is 0.395 e. The van der Waals surface area contributed by atoms with Crippen molar-refractivity contribution in [2.75, 3.05) is 32.2 Å². The average Bonchev–Trinajstić information content (AvgIpc) is 2.44. The van der Waals surface area contributed by atoms with E-state index in [4.69, 9.17) is 5.11 Å². The molecule has 1 aromatic rings. The summed E-state index contributed by atoms with van der Waals surface area (Å²) in [5.41, 5.74) is 1.34. The van der Waals surface area contributed by atoms with Crippen LogP contribution in [-0.2, 0) is 0 Å². The molecule has 0 unspecified atom stereocenters. The van der Waals surface area contributed by atoms with Gasteiger partial charge in [0.25, 0.3) is 5.91 Å². The second kappa shape index (κ2) is 8.63. The summed E-state index contributed by atoms with van der Waals surface area (Å²) in [6.45, 7) is 0.759. The van der Waals surface area contributed by atoms with E-state index in [1.54, 1.807) is 29.8 Å². The predicted molar refractivity (Wildman–Crippen MR) is 80.4 cm³/mol. The van der Waals surface area contributed by atoms with Crippen LogP contribution in [0, 0.1) is 11.8 Å². The van der Waals surface area contributed by atoms with E-state index in [2.05, 4.69) is 11.8 Å². The van der Waals surface area contributed by atoms with Gasteiger partial charge in [0.05, 0.1) is 12.2 Å². The molecular weight excluding hydrogens is 258 g/mol. The highest BCUT2D eigenvalue weighted by Crippen LogP contribution is 2.10. The van der Waals surface area contributed by atoms with Crippen molar-refractivity contribution in [1.82, 2.24) is 4.90 Å². The average molecular weight is 277 g/mol. The summed E-state index contributed by atoms with van der Waals surface area (Å²) in [7, 11) is 1.80. The lowest BCUT2D eigenvalue weighted by Crippen LogP contribution is -2.29. The van der Waals surface area contributed by atoms with E-state index in [1.165, 1.54) is 0 Å². The van der Waals surface area contributed by atoms with Crippen LogP contribution in [0.1, 0.15) is 22.3 Å². The van der Waals surface area contributed by atoms with Gasteiger partial charge in [-0.1, -0.05) is 24.0 Å². The van der Waals surface area contributed by atoms with Crippen molar-refractivity contribution in [3.63, 3.8) is 0 Å². The third-order valence-corrected chi connectivity index (χ3v) is 3.19. The fraction of sp³-hybridized carbons (Fsp3) is 0.400. The number of thioether (sulfide) groups is 1. The van der Waals surface area contributed by atoms with Gasteiger partial charge in [-0.15, -0.1) is 0 Å². The zero-order valence-electron chi connectivity index (χ0n) is 11.3. The van der Waals surface area contributed by atoms with Crippen molar-refractivity contribution in [3.05, 3.63) is 35.4 Å². The molecule has 0 heterocycles. The topological polar surface area (TPSA) is 40.5 Å². The maximum atomic E-state index is 12.3. The Labute approximate surface area is 119 Å². The van der Waals surface area contributed by atoms with Crippen LogP contribution in [0.5, 0.6) is 0 Å². The van der Waals surface area contributed by atoms with Gasteiger partial charge in [0.1, 0.15) is 0 Å². The van der Waals surface area contributed by atoms with Gasteiger partial charge in [-0.3, -0.25) is 4.79 Å². The first-order chi connectivity index (χ1) is 9.20. The molecule has 0 aliphatic heterocycles. The molecule has 0 saturated carbocycles. The zero-order chi connectivity index (χ0) is 14.1. The number of carbonyl (C=O) groups is 1. The van der Waals surface area contributed by atoms with E-state index in [9.17, 15) is 4.79 Å². The van der Waals surface area contributed by atoms with Crippen molar-refractivity contribution in [3.8, 4) is 11.8 Å². The Kier molecular flexibility index (Phi) is 7.09. The Morgan fingerprint density at radius 2 is 2.16 bits per heavy atom. The minimum absolute atomic E-state index is 0.0112. The molecule has 0 aliphatic carbocycles. The van der Waals surface area contributed by atoms with Gasteiger partial charge in [-0.05, 0) is 18.4 Å². The first-order valence-electron chi connectivity index (χ1n) is 6.14. The van der Waals surface area contributed by atoms with Gasteiger partial charge in [-0.2, -0.15) is 11.8 Å². The van der Waals surface area contributed by atoms with Gasteiger partial charge >= 0.3 is 0 Å². The third-order valence-electron chi connectivity index (χ3n) is 2.59. The summed E-state index contributed by atoms with van der Waals surface area (Å²) < 4.78 is 0. The number of nitrogens with zero attached hydrogens (tertiary/aromatic N) is 1. The zero-order valence-corrected chi connectivity index (χ0v) is 12.2. The lowest BCUT2D eigenvalue weighted by molar-refractivity contribution is 0.0803. The summed E-state index contributed by atoms with van der Waals surface area (Å²) >= 11 is 1.71. The van der Waals surface area contributed by atoms with Crippen LogP contribution in [0.3, 0.4) is 0 Å². The van der Waals surface area contributed by atoms with E-state index in [1.807, 2.05) is 24.5 Å². The highest BCUT2D eigenvalue weighted by molar-refractivity contribution is 7.98. The highest BCUT2D eigenvalue weighted by Gasteiger charge is 2.13. The van der Waals surface area contributed by atoms with E-state index in [0.717, 1.165) is 17.9 Å². The SMILES string of the molecule is CSCCN(C)C(=O)c1ccccc1C#CCCO. The molecule has 0 saturated heterocycles. The summed E-state index contributed by atoms with van der Waals surface area (Å²) in [6.07, 6.45) is 2.44. The molecule has 1 aromatic carbocycles. The third kappa shape index (κ3) is 4.98. The number of amides is 1.